The smallest absolute Gasteiger partial charge is 0.269 e. The molecule has 7 heteroatoms. The Morgan fingerprint density at radius 3 is 2.09 bits per heavy atom. The molecule has 0 atom stereocenters. The maximum Gasteiger partial charge on any atom is 0.269 e. The maximum atomic E-state index is 12.2. The number of rotatable bonds is 7. The Balaban J connectivity index is 1.48. The fourth-order valence-corrected chi connectivity index (χ4v) is 2.74. The van der Waals surface area contributed by atoms with Crippen LogP contribution >= 0.6 is 0 Å². The summed E-state index contributed by atoms with van der Waals surface area (Å²) >= 11 is 0. The summed E-state index contributed by atoms with van der Waals surface area (Å²) in [6.07, 6.45) is 2.94. The molecule has 7 nitrogen and oxygen atoms in total. The van der Waals surface area contributed by atoms with Crippen molar-refractivity contribution in [1.82, 2.24) is 10.9 Å². The summed E-state index contributed by atoms with van der Waals surface area (Å²) in [5, 5.41) is 2.76. The highest BCUT2D eigenvalue weighted by Crippen LogP contribution is 2.13. The Morgan fingerprint density at radius 1 is 0.781 bits per heavy atom. The van der Waals surface area contributed by atoms with Gasteiger partial charge in [-0.3, -0.25) is 25.2 Å². The molecule has 0 aliphatic carbocycles. The van der Waals surface area contributed by atoms with E-state index < -0.39 is 11.8 Å². The van der Waals surface area contributed by atoms with Crippen LogP contribution in [0.15, 0.2) is 84.9 Å². The van der Waals surface area contributed by atoms with Crippen molar-refractivity contribution in [1.29, 1.82) is 0 Å². The Hall–Kier alpha value is -4.39. The van der Waals surface area contributed by atoms with Crippen LogP contribution in [0.4, 0.5) is 5.69 Å². The second kappa shape index (κ2) is 11.1. The lowest BCUT2D eigenvalue weighted by Gasteiger charge is -2.08. The number of benzene rings is 3. The zero-order chi connectivity index (χ0) is 22.8. The number of hydrogen-bond acceptors (Lipinski definition) is 4. The summed E-state index contributed by atoms with van der Waals surface area (Å²) < 4.78 is 5.37. The van der Waals surface area contributed by atoms with Gasteiger partial charge in [0.1, 0.15) is 5.75 Å². The summed E-state index contributed by atoms with van der Waals surface area (Å²) in [5.74, 6) is -0.436. The molecule has 0 heterocycles. The summed E-state index contributed by atoms with van der Waals surface area (Å²) in [7, 11) is 0. The SMILES string of the molecule is CCOc1ccc(/C=C/C(=O)NNC(=O)c2ccc(NC(=O)c3ccccc3)cc2)cc1. The van der Waals surface area contributed by atoms with E-state index in [0.717, 1.165) is 11.3 Å². The van der Waals surface area contributed by atoms with Gasteiger partial charge in [0.25, 0.3) is 17.7 Å². The van der Waals surface area contributed by atoms with Gasteiger partial charge in [0.15, 0.2) is 0 Å². The predicted molar refractivity (Wildman–Crippen MR) is 123 cm³/mol. The van der Waals surface area contributed by atoms with E-state index in [4.69, 9.17) is 4.74 Å². The van der Waals surface area contributed by atoms with E-state index in [1.54, 1.807) is 54.6 Å². The molecule has 0 aliphatic heterocycles. The van der Waals surface area contributed by atoms with E-state index in [9.17, 15) is 14.4 Å². The second-order valence-corrected chi connectivity index (χ2v) is 6.68. The molecule has 0 spiro atoms. The lowest BCUT2D eigenvalue weighted by molar-refractivity contribution is -0.117. The van der Waals surface area contributed by atoms with Gasteiger partial charge in [0.2, 0.25) is 0 Å². The van der Waals surface area contributed by atoms with Crippen molar-refractivity contribution in [3.05, 3.63) is 102 Å². The first-order valence-corrected chi connectivity index (χ1v) is 10.0. The van der Waals surface area contributed by atoms with Gasteiger partial charge >= 0.3 is 0 Å². The second-order valence-electron chi connectivity index (χ2n) is 6.68. The highest BCUT2D eigenvalue weighted by molar-refractivity contribution is 6.04. The van der Waals surface area contributed by atoms with Crippen molar-refractivity contribution in [3.63, 3.8) is 0 Å². The molecule has 3 aromatic rings. The van der Waals surface area contributed by atoms with Crippen molar-refractivity contribution < 1.29 is 19.1 Å². The lowest BCUT2D eigenvalue weighted by atomic mass is 10.1. The van der Waals surface area contributed by atoms with Gasteiger partial charge in [-0.05, 0) is 67.1 Å². The van der Waals surface area contributed by atoms with Crippen LogP contribution in [0.5, 0.6) is 5.75 Å². The van der Waals surface area contributed by atoms with Crippen LogP contribution in [-0.2, 0) is 4.79 Å². The van der Waals surface area contributed by atoms with Crippen LogP contribution in [0, 0.1) is 0 Å². The number of carbonyl (C=O) groups excluding carboxylic acids is 3. The van der Waals surface area contributed by atoms with Crippen molar-refractivity contribution in [2.75, 3.05) is 11.9 Å². The molecule has 0 bridgehead atoms. The molecule has 3 rings (SSSR count). The number of hydrogen-bond donors (Lipinski definition) is 3. The topological polar surface area (TPSA) is 96.5 Å². The first-order chi connectivity index (χ1) is 15.5. The van der Waals surface area contributed by atoms with E-state index in [2.05, 4.69) is 16.2 Å². The molecule has 0 fully saturated rings. The quantitative estimate of drug-likeness (QED) is 0.393. The van der Waals surface area contributed by atoms with Crippen molar-refractivity contribution in [2.45, 2.75) is 6.92 Å². The number of amides is 3. The number of carbonyl (C=O) groups is 3. The summed E-state index contributed by atoms with van der Waals surface area (Å²) in [6.45, 7) is 2.49. The minimum Gasteiger partial charge on any atom is -0.494 e. The molecule has 0 aliphatic rings. The Morgan fingerprint density at radius 2 is 1.44 bits per heavy atom. The predicted octanol–water partition coefficient (Wildman–Crippen LogP) is 3.81. The molecule has 32 heavy (non-hydrogen) atoms. The fraction of sp³-hybridized carbons (Fsp3) is 0.0800. The lowest BCUT2D eigenvalue weighted by Crippen LogP contribution is -2.40. The monoisotopic (exact) mass is 429 g/mol. The first-order valence-electron chi connectivity index (χ1n) is 10.0. The molecule has 3 N–H and O–H groups in total. The normalized spacial score (nSPS) is 10.4. The molecule has 3 aromatic carbocycles. The summed E-state index contributed by atoms with van der Waals surface area (Å²) in [5.41, 5.74) is 6.93. The molecule has 162 valence electrons. The maximum absolute atomic E-state index is 12.2. The van der Waals surface area contributed by atoms with E-state index in [-0.39, 0.29) is 5.91 Å². The van der Waals surface area contributed by atoms with Crippen LogP contribution in [-0.4, -0.2) is 24.3 Å². The third-order valence-electron chi connectivity index (χ3n) is 4.36. The fourth-order valence-electron chi connectivity index (χ4n) is 2.74. The average molecular weight is 429 g/mol. The Bertz CT molecular complexity index is 1090. The van der Waals surface area contributed by atoms with E-state index in [1.165, 1.54) is 6.08 Å². The number of anilines is 1. The molecule has 0 unspecified atom stereocenters. The van der Waals surface area contributed by atoms with Gasteiger partial charge in [-0.15, -0.1) is 0 Å². The Labute approximate surface area is 186 Å². The zero-order valence-corrected chi connectivity index (χ0v) is 17.5. The first kappa shape index (κ1) is 22.3. The van der Waals surface area contributed by atoms with Gasteiger partial charge < -0.3 is 10.1 Å². The Kier molecular flexibility index (Phi) is 7.75. The van der Waals surface area contributed by atoms with Crippen LogP contribution in [0.3, 0.4) is 0 Å². The molecule has 0 saturated heterocycles. The molecular weight excluding hydrogens is 406 g/mol. The van der Waals surface area contributed by atoms with Gasteiger partial charge in [-0.2, -0.15) is 0 Å². The molecule has 0 saturated carbocycles. The summed E-state index contributed by atoms with van der Waals surface area (Å²) in [4.78, 5) is 36.3. The zero-order valence-electron chi connectivity index (χ0n) is 17.5. The molecular formula is C25H23N3O4. The third kappa shape index (κ3) is 6.56. The van der Waals surface area contributed by atoms with Gasteiger partial charge in [-0.1, -0.05) is 30.3 Å². The van der Waals surface area contributed by atoms with Crippen molar-refractivity contribution >= 4 is 29.5 Å². The van der Waals surface area contributed by atoms with Gasteiger partial charge in [0, 0.05) is 22.9 Å². The van der Waals surface area contributed by atoms with Crippen LogP contribution in [0.1, 0.15) is 33.2 Å². The van der Waals surface area contributed by atoms with Gasteiger partial charge in [0.05, 0.1) is 6.61 Å². The van der Waals surface area contributed by atoms with Gasteiger partial charge in [-0.25, -0.2) is 0 Å². The molecule has 0 aromatic heterocycles. The summed E-state index contributed by atoms with van der Waals surface area (Å²) in [6, 6.07) is 22.4. The van der Waals surface area contributed by atoms with Crippen LogP contribution in [0.2, 0.25) is 0 Å². The number of hydrazine groups is 1. The van der Waals surface area contributed by atoms with Crippen LogP contribution in [0.25, 0.3) is 6.08 Å². The highest BCUT2D eigenvalue weighted by Gasteiger charge is 2.08. The standard InChI is InChI=1S/C25H23N3O4/c1-2-32-22-15-8-18(9-16-22)10-17-23(29)27-28-25(31)20-11-13-21(14-12-20)26-24(30)19-6-4-3-5-7-19/h3-17H,2H2,1H3,(H,26,30)(H,27,29)(H,28,31)/b17-10+. The largest absolute Gasteiger partial charge is 0.494 e. The van der Waals surface area contributed by atoms with Crippen molar-refractivity contribution in [3.8, 4) is 5.75 Å². The molecule has 3 amide bonds. The van der Waals surface area contributed by atoms with E-state index in [0.29, 0.717) is 23.4 Å². The number of ether oxygens (including phenoxy) is 1. The average Bonchev–Trinajstić information content (AvgIpc) is 2.83. The van der Waals surface area contributed by atoms with E-state index in [1.807, 2.05) is 37.3 Å². The van der Waals surface area contributed by atoms with Crippen molar-refractivity contribution in [2.24, 2.45) is 0 Å². The van der Waals surface area contributed by atoms with E-state index >= 15 is 0 Å². The highest BCUT2D eigenvalue weighted by atomic mass is 16.5. The molecule has 0 radical (unpaired) electrons. The number of nitrogens with one attached hydrogen (secondary N) is 3. The van der Waals surface area contributed by atoms with Crippen LogP contribution < -0.4 is 20.9 Å². The third-order valence-corrected chi connectivity index (χ3v) is 4.36. The minimum absolute atomic E-state index is 0.241. The minimum atomic E-state index is -0.478.